The van der Waals surface area contributed by atoms with Gasteiger partial charge in [0.05, 0.1) is 6.04 Å². The van der Waals surface area contributed by atoms with Crippen molar-refractivity contribution in [2.75, 3.05) is 0 Å². The highest BCUT2D eigenvalue weighted by atomic mass is 16.5. The quantitative estimate of drug-likeness (QED) is 0.828. The lowest BCUT2D eigenvalue weighted by Gasteiger charge is -2.02. The van der Waals surface area contributed by atoms with E-state index in [4.69, 9.17) is 10.3 Å². The number of pyridine rings is 1. The van der Waals surface area contributed by atoms with Crippen LogP contribution in [0.4, 0.5) is 0 Å². The number of nitrogens with zero attached hydrogens (tertiary/aromatic N) is 2. The zero-order valence-electron chi connectivity index (χ0n) is 9.51. The lowest BCUT2D eigenvalue weighted by molar-refractivity contribution is 0.413. The minimum absolute atomic E-state index is 0.208. The number of H-pyrrole nitrogens is 1. The van der Waals surface area contributed by atoms with E-state index < -0.39 is 0 Å². The van der Waals surface area contributed by atoms with Gasteiger partial charge >= 0.3 is 0 Å². The van der Waals surface area contributed by atoms with Crippen molar-refractivity contribution >= 4 is 0 Å². The third kappa shape index (κ3) is 2.59. The SMILES string of the molecule is CCCC(N)c1noc(-c2cc[nH]c(=O)c2)n1. The third-order valence-electron chi connectivity index (χ3n) is 2.40. The number of nitrogens with two attached hydrogens (primary N) is 1. The Balaban J connectivity index is 2.26. The smallest absolute Gasteiger partial charge is 0.258 e. The molecule has 0 spiro atoms. The Kier molecular flexibility index (Phi) is 3.34. The summed E-state index contributed by atoms with van der Waals surface area (Å²) >= 11 is 0. The minimum Gasteiger partial charge on any atom is -0.334 e. The molecule has 0 radical (unpaired) electrons. The number of nitrogens with one attached hydrogen (secondary N) is 1. The lowest BCUT2D eigenvalue weighted by atomic mass is 10.2. The van der Waals surface area contributed by atoms with Crippen LogP contribution in [0.25, 0.3) is 11.5 Å². The Hall–Kier alpha value is -1.95. The Morgan fingerprint density at radius 1 is 1.59 bits per heavy atom. The predicted octanol–water partition coefficient (Wildman–Crippen LogP) is 1.22. The number of hydrogen-bond donors (Lipinski definition) is 2. The second-order valence-electron chi connectivity index (χ2n) is 3.79. The Morgan fingerprint density at radius 2 is 2.41 bits per heavy atom. The van der Waals surface area contributed by atoms with E-state index in [1.54, 1.807) is 6.07 Å². The molecule has 0 fully saturated rings. The first-order valence-corrected chi connectivity index (χ1v) is 5.49. The van der Waals surface area contributed by atoms with E-state index in [9.17, 15) is 4.79 Å². The lowest BCUT2D eigenvalue weighted by Crippen LogP contribution is -2.11. The van der Waals surface area contributed by atoms with Gasteiger partial charge < -0.3 is 15.2 Å². The molecule has 0 amide bonds. The molecule has 0 bridgehead atoms. The van der Waals surface area contributed by atoms with Gasteiger partial charge in [-0.1, -0.05) is 18.5 Å². The second-order valence-corrected chi connectivity index (χ2v) is 3.79. The molecular weight excluding hydrogens is 220 g/mol. The van der Waals surface area contributed by atoms with Crippen LogP contribution in [0.5, 0.6) is 0 Å². The first-order valence-electron chi connectivity index (χ1n) is 5.49. The Bertz CT molecular complexity index is 546. The van der Waals surface area contributed by atoms with Gasteiger partial charge in [-0.05, 0) is 12.5 Å². The molecule has 17 heavy (non-hydrogen) atoms. The van der Waals surface area contributed by atoms with Crippen LogP contribution in [0.1, 0.15) is 31.6 Å². The van der Waals surface area contributed by atoms with Crippen molar-refractivity contribution in [1.82, 2.24) is 15.1 Å². The van der Waals surface area contributed by atoms with Crippen molar-refractivity contribution in [2.45, 2.75) is 25.8 Å². The Morgan fingerprint density at radius 3 is 3.12 bits per heavy atom. The highest BCUT2D eigenvalue weighted by molar-refractivity contribution is 5.51. The van der Waals surface area contributed by atoms with Gasteiger partial charge in [0.15, 0.2) is 5.82 Å². The topological polar surface area (TPSA) is 97.8 Å². The largest absolute Gasteiger partial charge is 0.334 e. The Labute approximate surface area is 97.9 Å². The molecule has 3 N–H and O–H groups in total. The number of rotatable bonds is 4. The summed E-state index contributed by atoms with van der Waals surface area (Å²) in [7, 11) is 0. The van der Waals surface area contributed by atoms with Gasteiger partial charge in [-0.2, -0.15) is 4.98 Å². The molecule has 6 heteroatoms. The van der Waals surface area contributed by atoms with Crippen LogP contribution in [-0.2, 0) is 0 Å². The van der Waals surface area contributed by atoms with Crippen LogP contribution in [-0.4, -0.2) is 15.1 Å². The van der Waals surface area contributed by atoms with Crippen LogP contribution in [0, 0.1) is 0 Å². The molecule has 2 heterocycles. The van der Waals surface area contributed by atoms with E-state index in [1.165, 1.54) is 12.3 Å². The van der Waals surface area contributed by atoms with E-state index in [0.29, 0.717) is 17.3 Å². The van der Waals surface area contributed by atoms with Crippen molar-refractivity contribution in [2.24, 2.45) is 5.73 Å². The summed E-state index contributed by atoms with van der Waals surface area (Å²) in [6, 6.07) is 2.88. The first kappa shape index (κ1) is 11.5. The van der Waals surface area contributed by atoms with Crippen LogP contribution in [0.3, 0.4) is 0 Å². The monoisotopic (exact) mass is 234 g/mol. The molecule has 6 nitrogen and oxygen atoms in total. The van der Waals surface area contributed by atoms with E-state index in [2.05, 4.69) is 15.1 Å². The van der Waals surface area contributed by atoms with Gasteiger partial charge in [-0.3, -0.25) is 4.79 Å². The molecule has 2 aromatic rings. The van der Waals surface area contributed by atoms with E-state index in [0.717, 1.165) is 12.8 Å². The molecule has 0 saturated carbocycles. The molecule has 0 aliphatic carbocycles. The zero-order chi connectivity index (χ0) is 12.3. The fourth-order valence-electron chi connectivity index (χ4n) is 1.52. The van der Waals surface area contributed by atoms with Gasteiger partial charge in [-0.25, -0.2) is 0 Å². The summed E-state index contributed by atoms with van der Waals surface area (Å²) in [5.41, 5.74) is 6.26. The predicted molar refractivity (Wildman–Crippen MR) is 62.2 cm³/mol. The van der Waals surface area contributed by atoms with Crippen LogP contribution < -0.4 is 11.3 Å². The minimum atomic E-state index is -0.223. The zero-order valence-corrected chi connectivity index (χ0v) is 9.51. The fourth-order valence-corrected chi connectivity index (χ4v) is 1.52. The average Bonchev–Trinajstić information content (AvgIpc) is 2.78. The molecule has 1 atom stereocenters. The molecule has 90 valence electrons. The second kappa shape index (κ2) is 4.92. The number of aromatic nitrogens is 3. The fraction of sp³-hybridized carbons (Fsp3) is 0.364. The number of aromatic amines is 1. The van der Waals surface area contributed by atoms with Gasteiger partial charge in [0.2, 0.25) is 5.56 Å². The summed E-state index contributed by atoms with van der Waals surface area (Å²) in [5, 5.41) is 3.82. The van der Waals surface area contributed by atoms with Crippen LogP contribution >= 0.6 is 0 Å². The molecule has 1 unspecified atom stereocenters. The highest BCUT2D eigenvalue weighted by Crippen LogP contribution is 2.18. The molecule has 0 aliphatic heterocycles. The van der Waals surface area contributed by atoms with Gasteiger partial charge in [0.25, 0.3) is 5.89 Å². The van der Waals surface area contributed by atoms with Crippen LogP contribution in [0.2, 0.25) is 0 Å². The van der Waals surface area contributed by atoms with Crippen LogP contribution in [0.15, 0.2) is 27.6 Å². The van der Waals surface area contributed by atoms with Crippen molar-refractivity contribution in [1.29, 1.82) is 0 Å². The number of hydrogen-bond acceptors (Lipinski definition) is 5. The summed E-state index contributed by atoms with van der Waals surface area (Å²) in [6.45, 7) is 2.04. The molecular formula is C11H14N4O2. The van der Waals surface area contributed by atoms with E-state index in [1.807, 2.05) is 6.92 Å². The standard InChI is InChI=1S/C11H14N4O2/c1-2-3-8(12)10-14-11(17-15-10)7-4-5-13-9(16)6-7/h4-6,8H,2-3,12H2,1H3,(H,13,16). The molecule has 0 aromatic carbocycles. The van der Waals surface area contributed by atoms with Gasteiger partial charge in [-0.15, -0.1) is 0 Å². The summed E-state index contributed by atoms with van der Waals surface area (Å²) in [5.74, 6) is 0.791. The van der Waals surface area contributed by atoms with Crippen molar-refractivity contribution < 1.29 is 4.52 Å². The summed E-state index contributed by atoms with van der Waals surface area (Å²) in [6.07, 6.45) is 3.29. The molecule has 2 rings (SSSR count). The molecule has 2 aromatic heterocycles. The molecule has 0 aliphatic rings. The van der Waals surface area contributed by atoms with Crippen molar-refractivity contribution in [3.63, 3.8) is 0 Å². The average molecular weight is 234 g/mol. The third-order valence-corrected chi connectivity index (χ3v) is 2.40. The van der Waals surface area contributed by atoms with Gasteiger partial charge in [0.1, 0.15) is 0 Å². The van der Waals surface area contributed by atoms with Crippen molar-refractivity contribution in [3.05, 3.63) is 34.5 Å². The molecule has 0 saturated heterocycles. The van der Waals surface area contributed by atoms with Crippen molar-refractivity contribution in [3.8, 4) is 11.5 Å². The van der Waals surface area contributed by atoms with E-state index in [-0.39, 0.29) is 11.6 Å². The summed E-state index contributed by atoms with van der Waals surface area (Å²) in [4.78, 5) is 17.8. The van der Waals surface area contributed by atoms with E-state index >= 15 is 0 Å². The maximum absolute atomic E-state index is 11.1. The highest BCUT2D eigenvalue weighted by Gasteiger charge is 2.14. The first-order chi connectivity index (χ1) is 8.20. The maximum atomic E-state index is 11.1. The van der Waals surface area contributed by atoms with Gasteiger partial charge in [0, 0.05) is 17.8 Å². The maximum Gasteiger partial charge on any atom is 0.258 e. The summed E-state index contributed by atoms with van der Waals surface area (Å²) < 4.78 is 5.08. The normalized spacial score (nSPS) is 12.6.